The van der Waals surface area contributed by atoms with Gasteiger partial charge in [0.2, 0.25) is 0 Å². The number of fused-ring (bicyclic) bond motifs is 9. The molecule has 0 fully saturated rings. The Labute approximate surface area is 344 Å². The first kappa shape index (κ1) is 33.7. The van der Waals surface area contributed by atoms with Crippen LogP contribution in [0.25, 0.3) is 60.9 Å². The van der Waals surface area contributed by atoms with E-state index in [1.54, 1.807) is 0 Å². The maximum Gasteiger partial charge on any atom is 0.0547 e. The lowest BCUT2D eigenvalue weighted by molar-refractivity contribution is 0.563. The summed E-state index contributed by atoms with van der Waals surface area (Å²) in [5.41, 5.74) is 20.2. The van der Waals surface area contributed by atoms with Crippen LogP contribution in [0.4, 0.5) is 17.1 Å². The number of anilines is 3. The van der Waals surface area contributed by atoms with E-state index in [1.165, 1.54) is 88.8 Å². The number of benzene rings is 9. The number of rotatable bonds is 6. The summed E-state index contributed by atoms with van der Waals surface area (Å²) in [7, 11) is 0. The van der Waals surface area contributed by atoms with Crippen molar-refractivity contribution in [1.29, 1.82) is 0 Å². The van der Waals surface area contributed by atoms with E-state index in [4.69, 9.17) is 0 Å². The van der Waals surface area contributed by atoms with Gasteiger partial charge in [-0.3, -0.25) is 0 Å². The molecule has 278 valence electrons. The standard InChI is InChI=1S/C57H40N2/c1-3-14-39(15-4-1)41-18-13-21-47(34-41)58(48-31-33-50-49-22-9-11-24-53(49)57(54(50)36-48)37-43-16-7-8-17-44(43)38-57)46-29-26-40(27-30-46)42-28-32-52-51-23-10-12-25-55(51)59(56(52)35-42)45-19-5-2-6-20-45/h1-36H,37-38H2. The molecule has 0 aliphatic heterocycles. The van der Waals surface area contributed by atoms with Crippen LogP contribution in [0, 0.1) is 0 Å². The number of nitrogens with zero attached hydrogens (tertiary/aromatic N) is 2. The maximum absolute atomic E-state index is 2.50. The smallest absolute Gasteiger partial charge is 0.0547 e. The van der Waals surface area contributed by atoms with E-state index in [1.807, 2.05) is 0 Å². The van der Waals surface area contributed by atoms with Crippen molar-refractivity contribution in [3.8, 4) is 39.1 Å². The minimum absolute atomic E-state index is 0.0894. The molecule has 9 aromatic carbocycles. The minimum Gasteiger partial charge on any atom is -0.310 e. The van der Waals surface area contributed by atoms with Gasteiger partial charge in [-0.15, -0.1) is 0 Å². The molecule has 0 saturated heterocycles. The molecule has 0 bridgehead atoms. The van der Waals surface area contributed by atoms with Crippen molar-refractivity contribution in [2.75, 3.05) is 4.90 Å². The van der Waals surface area contributed by atoms with Crippen LogP contribution in [-0.2, 0) is 18.3 Å². The summed E-state index contributed by atoms with van der Waals surface area (Å²) >= 11 is 0. The van der Waals surface area contributed by atoms with Crippen molar-refractivity contribution in [3.63, 3.8) is 0 Å². The fourth-order valence-electron chi connectivity index (χ4n) is 10.3. The lowest BCUT2D eigenvalue weighted by atomic mass is 9.75. The van der Waals surface area contributed by atoms with Crippen molar-refractivity contribution >= 4 is 38.9 Å². The molecule has 2 aliphatic carbocycles. The number of hydrogen-bond acceptors (Lipinski definition) is 1. The second-order valence-corrected chi connectivity index (χ2v) is 16.2. The monoisotopic (exact) mass is 752 g/mol. The molecule has 59 heavy (non-hydrogen) atoms. The highest BCUT2D eigenvalue weighted by molar-refractivity contribution is 6.10. The number of para-hydroxylation sites is 2. The Morgan fingerprint density at radius 2 is 0.932 bits per heavy atom. The van der Waals surface area contributed by atoms with Gasteiger partial charge in [0.25, 0.3) is 0 Å². The van der Waals surface area contributed by atoms with Gasteiger partial charge in [-0.05, 0) is 129 Å². The molecule has 1 spiro atoms. The zero-order valence-corrected chi connectivity index (χ0v) is 32.6. The first-order valence-electron chi connectivity index (χ1n) is 20.7. The molecular formula is C57H40N2. The van der Waals surface area contributed by atoms with E-state index in [0.717, 1.165) is 24.2 Å². The summed E-state index contributed by atoms with van der Waals surface area (Å²) in [5.74, 6) is 0. The predicted octanol–water partition coefficient (Wildman–Crippen LogP) is 14.7. The van der Waals surface area contributed by atoms with E-state index in [9.17, 15) is 0 Å². The Hall–Kier alpha value is -7.42. The summed E-state index contributed by atoms with van der Waals surface area (Å²) < 4.78 is 2.39. The Balaban J connectivity index is 0.997. The summed E-state index contributed by atoms with van der Waals surface area (Å²) in [4.78, 5) is 2.45. The van der Waals surface area contributed by atoms with Crippen LogP contribution in [-0.4, -0.2) is 4.57 Å². The van der Waals surface area contributed by atoms with Crippen molar-refractivity contribution in [3.05, 3.63) is 241 Å². The van der Waals surface area contributed by atoms with E-state index >= 15 is 0 Å². The van der Waals surface area contributed by atoms with Crippen LogP contribution in [0.2, 0.25) is 0 Å². The molecule has 0 radical (unpaired) electrons. The van der Waals surface area contributed by atoms with Gasteiger partial charge < -0.3 is 9.47 Å². The summed E-state index contributed by atoms with van der Waals surface area (Å²) in [5, 5.41) is 2.53. The molecule has 1 heterocycles. The van der Waals surface area contributed by atoms with Crippen molar-refractivity contribution in [2.24, 2.45) is 0 Å². The summed E-state index contributed by atoms with van der Waals surface area (Å²) in [6.45, 7) is 0. The molecule has 0 amide bonds. The van der Waals surface area contributed by atoms with Crippen LogP contribution in [0.3, 0.4) is 0 Å². The van der Waals surface area contributed by atoms with Gasteiger partial charge in [0, 0.05) is 38.9 Å². The highest BCUT2D eigenvalue weighted by Gasteiger charge is 2.47. The molecular weight excluding hydrogens is 713 g/mol. The van der Waals surface area contributed by atoms with Crippen LogP contribution >= 0.6 is 0 Å². The van der Waals surface area contributed by atoms with E-state index in [0.29, 0.717) is 0 Å². The molecule has 0 N–H and O–H groups in total. The fraction of sp³-hybridized carbons (Fsp3) is 0.0526. The Morgan fingerprint density at radius 3 is 1.75 bits per heavy atom. The van der Waals surface area contributed by atoms with E-state index in [2.05, 4.69) is 228 Å². The topological polar surface area (TPSA) is 8.17 Å². The highest BCUT2D eigenvalue weighted by atomic mass is 15.1. The van der Waals surface area contributed by atoms with Crippen LogP contribution in [0.1, 0.15) is 22.3 Å². The fourth-order valence-corrected chi connectivity index (χ4v) is 10.3. The van der Waals surface area contributed by atoms with Gasteiger partial charge in [0.1, 0.15) is 0 Å². The van der Waals surface area contributed by atoms with Crippen LogP contribution < -0.4 is 4.90 Å². The summed E-state index contributed by atoms with van der Waals surface area (Å²) in [6, 6.07) is 80.6. The van der Waals surface area contributed by atoms with Crippen LogP contribution in [0.5, 0.6) is 0 Å². The Kier molecular flexibility index (Phi) is 7.61. The van der Waals surface area contributed by atoms with E-state index in [-0.39, 0.29) is 5.41 Å². The SMILES string of the molecule is c1ccc(-c2cccc(N(c3ccc(-c4ccc5c6ccccc6n(-c6ccccc6)c5c4)cc3)c3ccc4c(c3)C3(Cc5ccccc5C3)c3ccccc3-4)c2)cc1. The third-order valence-electron chi connectivity index (χ3n) is 13.0. The van der Waals surface area contributed by atoms with Gasteiger partial charge in [0.05, 0.1) is 11.0 Å². The van der Waals surface area contributed by atoms with Gasteiger partial charge in [-0.2, -0.15) is 0 Å². The molecule has 0 unspecified atom stereocenters. The molecule has 2 aliphatic rings. The number of hydrogen-bond donors (Lipinski definition) is 0. The first-order valence-corrected chi connectivity index (χ1v) is 20.7. The number of aromatic nitrogens is 1. The van der Waals surface area contributed by atoms with Gasteiger partial charge >= 0.3 is 0 Å². The Morgan fingerprint density at radius 1 is 0.356 bits per heavy atom. The second-order valence-electron chi connectivity index (χ2n) is 16.2. The third-order valence-corrected chi connectivity index (χ3v) is 13.0. The zero-order chi connectivity index (χ0) is 38.9. The molecule has 12 rings (SSSR count). The van der Waals surface area contributed by atoms with Gasteiger partial charge in [-0.1, -0.05) is 158 Å². The summed E-state index contributed by atoms with van der Waals surface area (Å²) in [6.07, 6.45) is 2.03. The molecule has 1 aromatic heterocycles. The predicted molar refractivity (Wildman–Crippen MR) is 246 cm³/mol. The Bertz CT molecular complexity index is 3190. The normalized spacial score (nSPS) is 13.4. The minimum atomic E-state index is -0.0894. The molecule has 0 saturated carbocycles. The van der Waals surface area contributed by atoms with Crippen molar-refractivity contribution in [2.45, 2.75) is 18.3 Å². The molecule has 2 nitrogen and oxygen atoms in total. The maximum atomic E-state index is 2.50. The second kappa shape index (κ2) is 13.3. The lowest BCUT2D eigenvalue weighted by Gasteiger charge is -2.30. The highest BCUT2D eigenvalue weighted by Crippen LogP contribution is 2.56. The van der Waals surface area contributed by atoms with Crippen molar-refractivity contribution < 1.29 is 0 Å². The van der Waals surface area contributed by atoms with Gasteiger partial charge in [0.15, 0.2) is 0 Å². The lowest BCUT2D eigenvalue weighted by Crippen LogP contribution is -2.26. The van der Waals surface area contributed by atoms with Crippen molar-refractivity contribution in [1.82, 2.24) is 4.57 Å². The average molecular weight is 753 g/mol. The average Bonchev–Trinajstić information content (AvgIpc) is 3.95. The molecule has 0 atom stereocenters. The van der Waals surface area contributed by atoms with Crippen LogP contribution in [0.15, 0.2) is 218 Å². The molecule has 2 heteroatoms. The quantitative estimate of drug-likeness (QED) is 0.164. The van der Waals surface area contributed by atoms with E-state index < -0.39 is 0 Å². The zero-order valence-electron chi connectivity index (χ0n) is 32.6. The molecule has 10 aromatic rings. The largest absolute Gasteiger partial charge is 0.310 e. The third kappa shape index (κ3) is 5.34. The first-order chi connectivity index (χ1) is 29.2. The van der Waals surface area contributed by atoms with Gasteiger partial charge in [-0.25, -0.2) is 0 Å².